The number of ketones is 1. The van der Waals surface area contributed by atoms with Gasteiger partial charge in [0.25, 0.3) is 15.9 Å². The Morgan fingerprint density at radius 3 is 2.77 bits per heavy atom. The van der Waals surface area contributed by atoms with Crippen molar-refractivity contribution in [3.05, 3.63) is 49.8 Å². The lowest BCUT2D eigenvalue weighted by Crippen LogP contribution is -2.16. The average molecular weight is 469 g/mol. The van der Waals surface area contributed by atoms with Gasteiger partial charge in [0, 0.05) is 6.42 Å². The van der Waals surface area contributed by atoms with E-state index in [0.29, 0.717) is 17.2 Å². The fourth-order valence-electron chi connectivity index (χ4n) is 3.23. The van der Waals surface area contributed by atoms with Gasteiger partial charge in [-0.25, -0.2) is 13.1 Å². The Kier molecular flexibility index (Phi) is 5.25. The maximum absolute atomic E-state index is 13.1. The van der Waals surface area contributed by atoms with E-state index in [-0.39, 0.29) is 39.7 Å². The predicted molar refractivity (Wildman–Crippen MR) is 111 cm³/mol. The molecule has 3 aromatic rings. The van der Waals surface area contributed by atoms with Crippen LogP contribution in [0.25, 0.3) is 0 Å². The van der Waals surface area contributed by atoms with Crippen LogP contribution in [0.4, 0.5) is 5.88 Å². The number of carbonyl (C=O) groups excluding carboxylic acids is 1. The molecule has 3 heterocycles. The van der Waals surface area contributed by atoms with Gasteiger partial charge in [-0.1, -0.05) is 16.8 Å². The summed E-state index contributed by atoms with van der Waals surface area (Å²) in [4.78, 5) is 13.0. The summed E-state index contributed by atoms with van der Waals surface area (Å²) in [6.45, 7) is 5.44. The molecule has 0 fully saturated rings. The molecular formula is C19H17ClN2O6S2. The number of thiophene rings is 1. The topological polar surface area (TPSA) is 108 Å². The molecule has 0 amide bonds. The van der Waals surface area contributed by atoms with Crippen LogP contribution in [0.15, 0.2) is 26.9 Å². The molecular weight excluding hydrogens is 452 g/mol. The van der Waals surface area contributed by atoms with E-state index in [0.717, 1.165) is 28.0 Å². The lowest BCUT2D eigenvalue weighted by Gasteiger charge is -2.12. The number of sulfonamides is 1. The minimum Gasteiger partial charge on any atom is -0.454 e. The smallest absolute Gasteiger partial charge is 0.265 e. The molecule has 0 atom stereocenters. The molecule has 4 rings (SSSR count). The van der Waals surface area contributed by atoms with Crippen molar-refractivity contribution in [3.8, 4) is 11.5 Å². The lowest BCUT2D eigenvalue weighted by molar-refractivity contribution is 0.0993. The van der Waals surface area contributed by atoms with Crippen molar-refractivity contribution in [2.45, 2.75) is 32.1 Å². The quantitative estimate of drug-likeness (QED) is 0.538. The van der Waals surface area contributed by atoms with Gasteiger partial charge in [-0.3, -0.25) is 4.79 Å². The summed E-state index contributed by atoms with van der Waals surface area (Å²) >= 11 is 7.05. The largest absolute Gasteiger partial charge is 0.454 e. The van der Waals surface area contributed by atoms with Crippen molar-refractivity contribution < 1.29 is 27.2 Å². The van der Waals surface area contributed by atoms with E-state index in [9.17, 15) is 13.2 Å². The SMILES string of the molecule is Cc1cc2c(c(C)c1CC(=O)c1sccc1S(=O)(=O)Nc1onc(C)c1Cl)OCO2. The number of Topliss-reactive ketones (excluding diaryl/α,β-unsaturated/α-hetero) is 1. The zero-order valence-corrected chi connectivity index (χ0v) is 18.6. The van der Waals surface area contributed by atoms with E-state index in [2.05, 4.69) is 9.88 Å². The molecule has 0 radical (unpaired) electrons. The number of ether oxygens (including phenoxy) is 2. The molecule has 158 valence electrons. The number of halogens is 1. The summed E-state index contributed by atoms with van der Waals surface area (Å²) in [5.74, 6) is 0.736. The summed E-state index contributed by atoms with van der Waals surface area (Å²) < 4.78 is 43.8. The third kappa shape index (κ3) is 3.55. The van der Waals surface area contributed by atoms with Crippen LogP contribution in [0.3, 0.4) is 0 Å². The number of carbonyl (C=O) groups is 1. The Balaban J connectivity index is 1.64. The number of fused-ring (bicyclic) bond motifs is 1. The highest BCUT2D eigenvalue weighted by Crippen LogP contribution is 2.39. The molecule has 1 N–H and O–H groups in total. The van der Waals surface area contributed by atoms with Crippen molar-refractivity contribution in [1.29, 1.82) is 0 Å². The minimum absolute atomic E-state index is 0.0273. The highest BCUT2D eigenvalue weighted by atomic mass is 35.5. The van der Waals surface area contributed by atoms with Crippen molar-refractivity contribution in [2.75, 3.05) is 11.5 Å². The van der Waals surface area contributed by atoms with Crippen LogP contribution in [0, 0.1) is 20.8 Å². The molecule has 0 unspecified atom stereocenters. The first-order valence-electron chi connectivity index (χ1n) is 8.83. The van der Waals surface area contributed by atoms with E-state index in [1.54, 1.807) is 12.3 Å². The van der Waals surface area contributed by atoms with Gasteiger partial charge in [-0.15, -0.1) is 11.3 Å². The number of nitrogens with one attached hydrogen (secondary N) is 1. The van der Waals surface area contributed by atoms with E-state index in [4.69, 9.17) is 25.6 Å². The Labute approximate surface area is 181 Å². The molecule has 2 aromatic heterocycles. The second kappa shape index (κ2) is 7.60. The molecule has 8 nitrogen and oxygen atoms in total. The molecule has 0 saturated carbocycles. The Hall–Kier alpha value is -2.56. The maximum atomic E-state index is 13.1. The molecule has 0 aliphatic carbocycles. The third-order valence-corrected chi connectivity index (χ3v) is 7.69. The van der Waals surface area contributed by atoms with Gasteiger partial charge in [-0.2, -0.15) is 0 Å². The number of anilines is 1. The summed E-state index contributed by atoms with van der Waals surface area (Å²) in [6, 6.07) is 3.19. The number of rotatable bonds is 6. The van der Waals surface area contributed by atoms with Crippen LogP contribution in [0.5, 0.6) is 11.5 Å². The molecule has 0 spiro atoms. The summed E-state index contributed by atoms with van der Waals surface area (Å²) in [5.41, 5.74) is 2.81. The molecule has 1 aliphatic rings. The second-order valence-electron chi connectivity index (χ2n) is 6.76. The lowest BCUT2D eigenvalue weighted by atomic mass is 9.96. The fourth-order valence-corrected chi connectivity index (χ4v) is 5.79. The van der Waals surface area contributed by atoms with E-state index >= 15 is 0 Å². The number of aromatic nitrogens is 1. The monoisotopic (exact) mass is 468 g/mol. The number of hydrogen-bond donors (Lipinski definition) is 1. The van der Waals surface area contributed by atoms with Gasteiger partial charge < -0.3 is 14.0 Å². The van der Waals surface area contributed by atoms with Crippen LogP contribution < -0.4 is 14.2 Å². The highest BCUT2D eigenvalue weighted by molar-refractivity contribution is 7.93. The summed E-state index contributed by atoms with van der Waals surface area (Å²) in [5, 5.41) is 5.24. The fraction of sp³-hybridized carbons (Fsp3) is 0.263. The Bertz CT molecular complexity index is 1260. The molecule has 11 heteroatoms. The van der Waals surface area contributed by atoms with Crippen LogP contribution in [-0.2, 0) is 16.4 Å². The van der Waals surface area contributed by atoms with Gasteiger partial charge in [0.2, 0.25) is 6.79 Å². The van der Waals surface area contributed by atoms with Crippen molar-refractivity contribution in [3.63, 3.8) is 0 Å². The Morgan fingerprint density at radius 1 is 1.30 bits per heavy atom. The normalized spacial score (nSPS) is 12.9. The molecule has 0 bridgehead atoms. The number of nitrogens with zero attached hydrogens (tertiary/aromatic N) is 1. The molecule has 1 aliphatic heterocycles. The second-order valence-corrected chi connectivity index (χ2v) is 9.71. The van der Waals surface area contributed by atoms with Crippen LogP contribution in [0.2, 0.25) is 5.02 Å². The highest BCUT2D eigenvalue weighted by Gasteiger charge is 2.28. The zero-order chi connectivity index (χ0) is 21.6. The van der Waals surface area contributed by atoms with Crippen molar-refractivity contribution in [1.82, 2.24) is 5.16 Å². The zero-order valence-electron chi connectivity index (χ0n) is 16.2. The van der Waals surface area contributed by atoms with Crippen molar-refractivity contribution >= 4 is 44.6 Å². The van der Waals surface area contributed by atoms with E-state index in [1.165, 1.54) is 6.07 Å². The molecule has 0 saturated heterocycles. The van der Waals surface area contributed by atoms with Crippen LogP contribution in [0.1, 0.15) is 32.1 Å². The predicted octanol–water partition coefficient (Wildman–Crippen LogP) is 4.27. The number of aryl methyl sites for hydroxylation is 2. The number of hydrogen-bond acceptors (Lipinski definition) is 8. The standard InChI is InChI=1S/C19H17ClN2O6S2/c1-9-6-14-17(27-8-26-14)10(2)12(9)7-13(23)18-15(4-5-29-18)30(24,25)22-19-16(20)11(3)21-28-19/h4-6,22H,7-8H2,1-3H3. The maximum Gasteiger partial charge on any atom is 0.265 e. The van der Waals surface area contributed by atoms with Gasteiger partial charge in [0.15, 0.2) is 17.3 Å². The molecule has 30 heavy (non-hydrogen) atoms. The van der Waals surface area contributed by atoms with Crippen LogP contribution in [-0.4, -0.2) is 26.2 Å². The third-order valence-electron chi connectivity index (χ3n) is 4.79. The summed E-state index contributed by atoms with van der Waals surface area (Å²) in [6.07, 6.45) is 0.0273. The van der Waals surface area contributed by atoms with E-state index < -0.39 is 10.0 Å². The number of benzene rings is 1. The van der Waals surface area contributed by atoms with Gasteiger partial charge in [0.05, 0.1) is 4.88 Å². The average Bonchev–Trinajstić information content (AvgIpc) is 3.42. The Morgan fingerprint density at radius 2 is 2.07 bits per heavy atom. The first-order valence-corrected chi connectivity index (χ1v) is 11.6. The van der Waals surface area contributed by atoms with E-state index in [1.807, 2.05) is 19.9 Å². The van der Waals surface area contributed by atoms with Crippen molar-refractivity contribution in [2.24, 2.45) is 0 Å². The van der Waals surface area contributed by atoms with Gasteiger partial charge in [0.1, 0.15) is 15.6 Å². The minimum atomic E-state index is -4.10. The first kappa shape index (κ1) is 20.7. The summed E-state index contributed by atoms with van der Waals surface area (Å²) in [7, 11) is -4.10. The first-order chi connectivity index (χ1) is 14.2. The van der Waals surface area contributed by atoms with Gasteiger partial charge >= 0.3 is 0 Å². The van der Waals surface area contributed by atoms with Gasteiger partial charge in [-0.05, 0) is 55.0 Å². The molecule has 1 aromatic carbocycles. The van der Waals surface area contributed by atoms with Crippen LogP contribution >= 0.6 is 22.9 Å².